The van der Waals surface area contributed by atoms with E-state index in [2.05, 4.69) is 27.7 Å². The first-order valence-electron chi connectivity index (χ1n) is 4.09. The molecule has 1 heterocycles. The van der Waals surface area contributed by atoms with E-state index >= 15 is 0 Å². The summed E-state index contributed by atoms with van der Waals surface area (Å²) in [5.74, 6) is 1.61. The van der Waals surface area contributed by atoms with Crippen molar-refractivity contribution in [2.45, 2.75) is 27.7 Å². The zero-order valence-electron chi connectivity index (χ0n) is 7.48. The molecule has 0 aromatic heterocycles. The molecule has 0 aromatic carbocycles. The van der Waals surface area contributed by atoms with Gasteiger partial charge in [0.15, 0.2) is 0 Å². The molecule has 0 saturated carbocycles. The third-order valence-electron chi connectivity index (χ3n) is 2.74. The van der Waals surface area contributed by atoms with Gasteiger partial charge in [0.25, 0.3) is 0 Å². The van der Waals surface area contributed by atoms with Crippen LogP contribution in [0.3, 0.4) is 0 Å². The Balaban J connectivity index is 2.39. The molecule has 0 aromatic rings. The van der Waals surface area contributed by atoms with E-state index < -0.39 is 0 Å². The fourth-order valence-corrected chi connectivity index (χ4v) is 1.25. The van der Waals surface area contributed by atoms with Crippen molar-refractivity contribution in [3.05, 3.63) is 0 Å². The van der Waals surface area contributed by atoms with Gasteiger partial charge in [0.05, 0.1) is 13.2 Å². The predicted molar refractivity (Wildman–Crippen MR) is 42.9 cm³/mol. The highest BCUT2D eigenvalue weighted by Crippen LogP contribution is 2.34. The van der Waals surface area contributed by atoms with Crippen LogP contribution in [0.5, 0.6) is 0 Å². The molecule has 10 heavy (non-hydrogen) atoms. The van der Waals surface area contributed by atoms with E-state index in [4.69, 9.17) is 4.74 Å². The van der Waals surface area contributed by atoms with Crippen LogP contribution in [-0.4, -0.2) is 13.2 Å². The Morgan fingerprint density at radius 3 is 1.90 bits per heavy atom. The predicted octanol–water partition coefficient (Wildman–Crippen LogP) is 2.32. The molecule has 0 spiro atoms. The van der Waals surface area contributed by atoms with Crippen molar-refractivity contribution < 1.29 is 4.74 Å². The van der Waals surface area contributed by atoms with Crippen LogP contribution in [0.4, 0.5) is 0 Å². The van der Waals surface area contributed by atoms with Crippen molar-refractivity contribution in [1.82, 2.24) is 0 Å². The van der Waals surface area contributed by atoms with Gasteiger partial charge >= 0.3 is 0 Å². The standard InChI is InChI=1S/C9H18O/c1-7(9(2,3)4)8-5-10-6-8/h7-8H,5-6H2,1-4H3. The van der Waals surface area contributed by atoms with Crippen molar-refractivity contribution in [2.24, 2.45) is 17.3 Å². The zero-order chi connectivity index (χ0) is 7.78. The van der Waals surface area contributed by atoms with Gasteiger partial charge in [0, 0.05) is 5.92 Å². The number of hydrogen-bond donors (Lipinski definition) is 0. The average Bonchev–Trinajstić information content (AvgIpc) is 1.57. The van der Waals surface area contributed by atoms with Crippen LogP contribution >= 0.6 is 0 Å². The van der Waals surface area contributed by atoms with Crippen molar-refractivity contribution in [3.63, 3.8) is 0 Å². The van der Waals surface area contributed by atoms with E-state index in [1.54, 1.807) is 0 Å². The number of rotatable bonds is 1. The van der Waals surface area contributed by atoms with Gasteiger partial charge in [-0.15, -0.1) is 0 Å². The Kier molecular flexibility index (Phi) is 2.04. The van der Waals surface area contributed by atoms with E-state index in [-0.39, 0.29) is 0 Å². The van der Waals surface area contributed by atoms with E-state index in [1.807, 2.05) is 0 Å². The zero-order valence-corrected chi connectivity index (χ0v) is 7.48. The van der Waals surface area contributed by atoms with Crippen LogP contribution in [-0.2, 0) is 4.74 Å². The Morgan fingerprint density at radius 2 is 1.80 bits per heavy atom. The molecule has 1 unspecified atom stereocenters. The van der Waals surface area contributed by atoms with E-state index in [9.17, 15) is 0 Å². The largest absolute Gasteiger partial charge is 0.381 e. The SMILES string of the molecule is CC(C1COC1)C(C)(C)C. The van der Waals surface area contributed by atoms with Crippen LogP contribution in [0.15, 0.2) is 0 Å². The Bertz CT molecular complexity index is 108. The molecule has 0 amide bonds. The molecule has 0 aliphatic carbocycles. The van der Waals surface area contributed by atoms with Crippen molar-refractivity contribution in [3.8, 4) is 0 Å². The molecule has 0 bridgehead atoms. The average molecular weight is 142 g/mol. The molecule has 1 aliphatic rings. The topological polar surface area (TPSA) is 9.23 Å². The third kappa shape index (κ3) is 1.51. The fraction of sp³-hybridized carbons (Fsp3) is 1.00. The summed E-state index contributed by atoms with van der Waals surface area (Å²) in [6.45, 7) is 11.2. The maximum Gasteiger partial charge on any atom is 0.0519 e. The Morgan fingerprint density at radius 1 is 1.30 bits per heavy atom. The Labute approximate surface area is 63.8 Å². The van der Waals surface area contributed by atoms with E-state index in [0.29, 0.717) is 5.41 Å². The summed E-state index contributed by atoms with van der Waals surface area (Å²) in [6.07, 6.45) is 0. The van der Waals surface area contributed by atoms with Gasteiger partial charge < -0.3 is 4.74 Å². The second-order valence-electron chi connectivity index (χ2n) is 4.45. The normalized spacial score (nSPS) is 24.0. The lowest BCUT2D eigenvalue weighted by Crippen LogP contribution is -2.38. The minimum absolute atomic E-state index is 0.453. The second-order valence-corrected chi connectivity index (χ2v) is 4.45. The summed E-state index contributed by atoms with van der Waals surface area (Å²) in [7, 11) is 0. The van der Waals surface area contributed by atoms with Gasteiger partial charge in [0.1, 0.15) is 0 Å². The highest BCUT2D eigenvalue weighted by Gasteiger charge is 2.32. The lowest BCUT2D eigenvalue weighted by Gasteiger charge is -2.39. The van der Waals surface area contributed by atoms with Gasteiger partial charge in [-0.05, 0) is 11.3 Å². The van der Waals surface area contributed by atoms with Gasteiger partial charge in [-0.3, -0.25) is 0 Å². The molecular weight excluding hydrogens is 124 g/mol. The summed E-state index contributed by atoms with van der Waals surface area (Å²) in [4.78, 5) is 0. The summed E-state index contributed by atoms with van der Waals surface area (Å²) >= 11 is 0. The molecule has 1 aliphatic heterocycles. The first-order chi connectivity index (χ1) is 4.52. The monoisotopic (exact) mass is 142 g/mol. The summed E-state index contributed by atoms with van der Waals surface area (Å²) < 4.78 is 5.15. The molecule has 1 nitrogen and oxygen atoms in total. The molecule has 1 rings (SSSR count). The summed E-state index contributed by atoms with van der Waals surface area (Å²) in [5, 5.41) is 0. The molecule has 0 N–H and O–H groups in total. The fourth-order valence-electron chi connectivity index (χ4n) is 1.25. The summed E-state index contributed by atoms with van der Waals surface area (Å²) in [6, 6.07) is 0. The van der Waals surface area contributed by atoms with Gasteiger partial charge in [0.2, 0.25) is 0 Å². The summed E-state index contributed by atoms with van der Waals surface area (Å²) in [5.41, 5.74) is 0.453. The first-order valence-corrected chi connectivity index (χ1v) is 4.09. The molecule has 0 radical (unpaired) electrons. The van der Waals surface area contributed by atoms with Crippen molar-refractivity contribution in [1.29, 1.82) is 0 Å². The van der Waals surface area contributed by atoms with Crippen LogP contribution in [0.25, 0.3) is 0 Å². The van der Waals surface area contributed by atoms with Gasteiger partial charge in [-0.1, -0.05) is 27.7 Å². The smallest absolute Gasteiger partial charge is 0.0519 e. The molecule has 1 fully saturated rings. The highest BCUT2D eigenvalue weighted by molar-refractivity contribution is 4.80. The maximum absolute atomic E-state index is 5.15. The van der Waals surface area contributed by atoms with Crippen LogP contribution < -0.4 is 0 Å². The molecule has 1 heteroatoms. The lowest BCUT2D eigenvalue weighted by molar-refractivity contribution is -0.0790. The van der Waals surface area contributed by atoms with Crippen LogP contribution in [0.2, 0.25) is 0 Å². The maximum atomic E-state index is 5.15. The quantitative estimate of drug-likeness (QED) is 0.546. The molecular formula is C9H18O. The van der Waals surface area contributed by atoms with Crippen LogP contribution in [0.1, 0.15) is 27.7 Å². The highest BCUT2D eigenvalue weighted by atomic mass is 16.5. The number of ether oxygens (including phenoxy) is 1. The second kappa shape index (κ2) is 2.54. The minimum Gasteiger partial charge on any atom is -0.381 e. The van der Waals surface area contributed by atoms with E-state index in [1.165, 1.54) is 0 Å². The van der Waals surface area contributed by atoms with Crippen LogP contribution in [0, 0.1) is 17.3 Å². The van der Waals surface area contributed by atoms with Gasteiger partial charge in [-0.2, -0.15) is 0 Å². The molecule has 60 valence electrons. The van der Waals surface area contributed by atoms with E-state index in [0.717, 1.165) is 25.0 Å². The van der Waals surface area contributed by atoms with Gasteiger partial charge in [-0.25, -0.2) is 0 Å². The van der Waals surface area contributed by atoms with Crippen molar-refractivity contribution >= 4 is 0 Å². The molecule has 1 atom stereocenters. The Hall–Kier alpha value is -0.0400. The third-order valence-corrected chi connectivity index (χ3v) is 2.74. The lowest BCUT2D eigenvalue weighted by atomic mass is 9.74. The first kappa shape index (κ1) is 8.06. The van der Waals surface area contributed by atoms with Crippen molar-refractivity contribution in [2.75, 3.05) is 13.2 Å². The molecule has 1 saturated heterocycles. The number of hydrogen-bond acceptors (Lipinski definition) is 1. The minimum atomic E-state index is 0.453.